The van der Waals surface area contributed by atoms with Crippen molar-refractivity contribution >= 4 is 10.1 Å². The molecule has 7 heteroatoms. The summed E-state index contributed by atoms with van der Waals surface area (Å²) in [6, 6.07) is 6.45. The van der Waals surface area contributed by atoms with E-state index in [1.165, 1.54) is 6.07 Å². The molecular formula is C14H17F3O3S. The Balaban J connectivity index is 2.20. The normalized spacial score (nSPS) is 17.7. The van der Waals surface area contributed by atoms with Gasteiger partial charge in [-0.05, 0) is 30.4 Å². The lowest BCUT2D eigenvalue weighted by molar-refractivity contribution is -0.107. The third-order valence-electron chi connectivity index (χ3n) is 3.52. The van der Waals surface area contributed by atoms with E-state index < -0.39 is 22.0 Å². The van der Waals surface area contributed by atoms with Crippen LogP contribution in [-0.2, 0) is 10.1 Å². The molecule has 0 N–H and O–H groups in total. The van der Waals surface area contributed by atoms with E-state index in [-0.39, 0.29) is 11.7 Å². The molecule has 1 aliphatic rings. The van der Waals surface area contributed by atoms with E-state index in [1.807, 2.05) is 0 Å². The van der Waals surface area contributed by atoms with Gasteiger partial charge in [0.05, 0.1) is 0 Å². The van der Waals surface area contributed by atoms with Gasteiger partial charge in [0, 0.05) is 0 Å². The van der Waals surface area contributed by atoms with Crippen molar-refractivity contribution < 1.29 is 25.8 Å². The smallest absolute Gasteiger partial charge is 0.382 e. The second-order valence-electron chi connectivity index (χ2n) is 5.27. The zero-order chi connectivity index (χ0) is 15.5. The van der Waals surface area contributed by atoms with Crippen molar-refractivity contribution in [3.63, 3.8) is 0 Å². The van der Waals surface area contributed by atoms with Crippen LogP contribution < -0.4 is 4.18 Å². The zero-order valence-electron chi connectivity index (χ0n) is 11.4. The summed E-state index contributed by atoms with van der Waals surface area (Å²) in [5.74, 6) is -1.80. The van der Waals surface area contributed by atoms with Crippen LogP contribution in [0.1, 0.15) is 43.6 Å². The quantitative estimate of drug-likeness (QED) is 0.787. The van der Waals surface area contributed by atoms with Crippen LogP contribution in [0.25, 0.3) is 0 Å². The number of para-hydroxylation sites is 1. The van der Waals surface area contributed by atoms with Crippen molar-refractivity contribution in [3.05, 3.63) is 29.8 Å². The third kappa shape index (κ3) is 4.91. The highest BCUT2D eigenvalue weighted by molar-refractivity contribution is 7.87. The predicted octanol–water partition coefficient (Wildman–Crippen LogP) is 4.01. The van der Waals surface area contributed by atoms with Crippen molar-refractivity contribution in [2.24, 2.45) is 0 Å². The minimum atomic E-state index is -4.81. The summed E-state index contributed by atoms with van der Waals surface area (Å²) in [5.41, 5.74) is 0.683. The average molecular weight is 322 g/mol. The lowest BCUT2D eigenvalue weighted by atomic mass is 9.84. The van der Waals surface area contributed by atoms with E-state index in [2.05, 4.69) is 0 Å². The molecule has 1 fully saturated rings. The molecule has 0 aromatic heterocycles. The van der Waals surface area contributed by atoms with Crippen LogP contribution in [0.3, 0.4) is 0 Å². The van der Waals surface area contributed by atoms with Gasteiger partial charge in [0.25, 0.3) is 0 Å². The summed E-state index contributed by atoms with van der Waals surface area (Å²) >= 11 is 0. The van der Waals surface area contributed by atoms with Gasteiger partial charge in [0.15, 0.2) is 5.75 Å². The van der Waals surface area contributed by atoms with E-state index in [0.717, 1.165) is 32.1 Å². The van der Waals surface area contributed by atoms with Crippen LogP contribution >= 0.6 is 0 Å². The van der Waals surface area contributed by atoms with Crippen molar-refractivity contribution in [1.29, 1.82) is 0 Å². The minimum Gasteiger partial charge on any atom is -0.382 e. The standard InChI is InChI=1S/C14H17F3O3S/c15-14(16,17)10-21(18,19)20-13-9-5-4-8-12(13)11-6-2-1-3-7-11/h4-5,8-9,11H,1-3,6-7,10H2. The largest absolute Gasteiger partial charge is 0.406 e. The molecule has 0 unspecified atom stereocenters. The molecule has 1 aliphatic carbocycles. The Labute approximate surface area is 122 Å². The summed E-state index contributed by atoms with van der Waals surface area (Å²) in [6.45, 7) is 0. The summed E-state index contributed by atoms with van der Waals surface area (Å²) < 4.78 is 64.5. The van der Waals surface area contributed by atoms with E-state index in [0.29, 0.717) is 5.56 Å². The first-order valence-electron chi connectivity index (χ1n) is 6.85. The molecule has 1 saturated carbocycles. The van der Waals surface area contributed by atoms with Gasteiger partial charge >= 0.3 is 16.3 Å². The van der Waals surface area contributed by atoms with Gasteiger partial charge in [-0.15, -0.1) is 0 Å². The number of benzene rings is 1. The molecule has 0 radical (unpaired) electrons. The zero-order valence-corrected chi connectivity index (χ0v) is 12.2. The summed E-state index contributed by atoms with van der Waals surface area (Å²) in [4.78, 5) is 0. The Morgan fingerprint density at radius 2 is 1.71 bits per heavy atom. The third-order valence-corrected chi connectivity index (χ3v) is 4.64. The second kappa shape index (κ2) is 6.25. The summed E-state index contributed by atoms with van der Waals surface area (Å²) in [5, 5.41) is 0. The van der Waals surface area contributed by atoms with Crippen LogP contribution in [0, 0.1) is 0 Å². The Morgan fingerprint density at radius 3 is 2.33 bits per heavy atom. The monoisotopic (exact) mass is 322 g/mol. The molecule has 118 valence electrons. The Bertz CT molecular complexity index is 575. The molecule has 21 heavy (non-hydrogen) atoms. The van der Waals surface area contributed by atoms with E-state index in [4.69, 9.17) is 4.18 Å². The van der Waals surface area contributed by atoms with Gasteiger partial charge in [0.2, 0.25) is 0 Å². The van der Waals surface area contributed by atoms with Gasteiger partial charge in [-0.25, -0.2) is 0 Å². The lowest BCUT2D eigenvalue weighted by Crippen LogP contribution is -2.26. The van der Waals surface area contributed by atoms with Gasteiger partial charge in [-0.2, -0.15) is 21.6 Å². The maximum absolute atomic E-state index is 12.3. The van der Waals surface area contributed by atoms with Crippen molar-refractivity contribution in [2.45, 2.75) is 44.2 Å². The molecule has 0 bridgehead atoms. The molecule has 0 spiro atoms. The van der Waals surface area contributed by atoms with Crippen LogP contribution in [0.15, 0.2) is 24.3 Å². The molecule has 0 saturated heterocycles. The van der Waals surface area contributed by atoms with Crippen LogP contribution in [0.5, 0.6) is 5.75 Å². The number of hydrogen-bond acceptors (Lipinski definition) is 3. The lowest BCUT2D eigenvalue weighted by Gasteiger charge is -2.24. The van der Waals surface area contributed by atoms with E-state index in [1.54, 1.807) is 18.2 Å². The van der Waals surface area contributed by atoms with E-state index in [9.17, 15) is 21.6 Å². The molecule has 0 aliphatic heterocycles. The highest BCUT2D eigenvalue weighted by Gasteiger charge is 2.37. The molecule has 0 amide bonds. The predicted molar refractivity (Wildman–Crippen MR) is 72.7 cm³/mol. The van der Waals surface area contributed by atoms with Gasteiger partial charge < -0.3 is 4.18 Å². The minimum absolute atomic E-state index is 0.0219. The Hall–Kier alpha value is -1.24. The van der Waals surface area contributed by atoms with Gasteiger partial charge in [0.1, 0.15) is 5.75 Å². The number of alkyl halides is 3. The molecular weight excluding hydrogens is 305 g/mol. The first kappa shape index (κ1) is 16.1. The summed E-state index contributed by atoms with van der Waals surface area (Å²) in [6.07, 6.45) is 0.201. The van der Waals surface area contributed by atoms with Gasteiger partial charge in [-0.3, -0.25) is 0 Å². The topological polar surface area (TPSA) is 43.4 Å². The second-order valence-corrected chi connectivity index (χ2v) is 6.84. The van der Waals surface area contributed by atoms with E-state index >= 15 is 0 Å². The molecule has 0 heterocycles. The maximum atomic E-state index is 12.3. The van der Waals surface area contributed by atoms with Crippen LogP contribution in [-0.4, -0.2) is 20.3 Å². The highest BCUT2D eigenvalue weighted by Crippen LogP contribution is 2.38. The number of hydrogen-bond donors (Lipinski definition) is 0. The molecule has 3 nitrogen and oxygen atoms in total. The molecule has 1 aromatic rings. The van der Waals surface area contributed by atoms with Crippen molar-refractivity contribution in [2.75, 3.05) is 5.75 Å². The maximum Gasteiger partial charge on any atom is 0.406 e. The van der Waals surface area contributed by atoms with Crippen LogP contribution in [0.4, 0.5) is 13.2 Å². The molecule has 1 aromatic carbocycles. The molecule has 2 rings (SSSR count). The Kier molecular flexibility index (Phi) is 4.81. The number of rotatable bonds is 4. The first-order valence-corrected chi connectivity index (χ1v) is 8.42. The van der Waals surface area contributed by atoms with Crippen molar-refractivity contribution in [3.8, 4) is 5.75 Å². The summed E-state index contributed by atoms with van der Waals surface area (Å²) in [7, 11) is -4.68. The number of halogens is 3. The van der Waals surface area contributed by atoms with Crippen molar-refractivity contribution in [1.82, 2.24) is 0 Å². The highest BCUT2D eigenvalue weighted by atomic mass is 32.2. The van der Waals surface area contributed by atoms with Crippen LogP contribution in [0.2, 0.25) is 0 Å². The Morgan fingerprint density at radius 1 is 1.10 bits per heavy atom. The van der Waals surface area contributed by atoms with Gasteiger partial charge in [-0.1, -0.05) is 37.5 Å². The first-order chi connectivity index (χ1) is 9.77. The fourth-order valence-corrected chi connectivity index (χ4v) is 3.56. The SMILES string of the molecule is O=S(=O)(CC(F)(F)F)Oc1ccccc1C1CCCCC1. The molecule has 0 atom stereocenters. The average Bonchev–Trinajstić information content (AvgIpc) is 2.37. The fraction of sp³-hybridized carbons (Fsp3) is 0.571. The fourth-order valence-electron chi connectivity index (χ4n) is 2.67.